The predicted molar refractivity (Wildman–Crippen MR) is 243 cm³/mol. The fourth-order valence-corrected chi connectivity index (χ4v) is 6.53. The summed E-state index contributed by atoms with van der Waals surface area (Å²) >= 11 is 0. The van der Waals surface area contributed by atoms with Gasteiger partial charge in [0.25, 0.3) is 0 Å². The Balaban J connectivity index is 4.25. The van der Waals surface area contributed by atoms with Crippen LogP contribution < -0.4 is 0 Å². The number of nitrogens with zero attached hydrogens (tertiary/aromatic N) is 1. The van der Waals surface area contributed by atoms with E-state index in [4.69, 9.17) is 14.2 Å². The number of carbonyl (C=O) groups is 3. The molecule has 1 N–H and O–H groups in total. The SMILES string of the molecule is CC/C=C/C/C=C/C/C=C/C/C=C/CCCCCCCCCCCCC(=O)OC(COCCC(C(=O)O)[N+](C)(C)C)COC(=O)CCCCCCC/C=C/CCCC. The molecule has 58 heavy (non-hydrogen) atoms. The van der Waals surface area contributed by atoms with Crippen LogP contribution in [0.25, 0.3) is 0 Å². The zero-order valence-electron chi connectivity index (χ0n) is 38.0. The Kier molecular flexibility index (Phi) is 38.7. The van der Waals surface area contributed by atoms with Gasteiger partial charge in [0.15, 0.2) is 12.1 Å². The van der Waals surface area contributed by atoms with Crippen LogP contribution in [0.4, 0.5) is 0 Å². The Labute approximate surface area is 356 Å². The van der Waals surface area contributed by atoms with Crippen molar-refractivity contribution in [2.75, 3.05) is 41.0 Å². The smallest absolute Gasteiger partial charge is 0.362 e. The van der Waals surface area contributed by atoms with E-state index in [2.05, 4.69) is 74.6 Å². The lowest BCUT2D eigenvalue weighted by molar-refractivity contribution is -0.887. The molecule has 0 aromatic carbocycles. The van der Waals surface area contributed by atoms with Crippen molar-refractivity contribution in [3.05, 3.63) is 60.8 Å². The molecular formula is C50H88NO7+. The molecule has 0 amide bonds. The van der Waals surface area contributed by atoms with E-state index < -0.39 is 18.1 Å². The molecule has 8 nitrogen and oxygen atoms in total. The van der Waals surface area contributed by atoms with Crippen molar-refractivity contribution in [2.45, 2.75) is 199 Å². The molecule has 0 aliphatic carbocycles. The summed E-state index contributed by atoms with van der Waals surface area (Å²) in [5.41, 5.74) is 0. The summed E-state index contributed by atoms with van der Waals surface area (Å²) in [7, 11) is 5.52. The number of hydrogen-bond donors (Lipinski definition) is 1. The van der Waals surface area contributed by atoms with Crippen molar-refractivity contribution in [2.24, 2.45) is 0 Å². The standard InChI is InChI=1S/C50H87NO7/c1-6-8-10-12-14-16-18-19-20-21-22-23-24-25-26-27-28-29-31-33-35-37-39-41-49(53)58-46(44-56-43-42-47(50(54)55)51(3,4)5)45-57-48(52)40-38-36-34-32-30-17-15-13-11-9-7-2/h8,10,13-16,19-20,22-23,46-47H,6-7,9,11-12,17-18,21,24-45H2,1-5H3/p+1/b10-8+,15-13+,16-14+,20-19+,23-22+. The maximum atomic E-state index is 12.7. The van der Waals surface area contributed by atoms with Gasteiger partial charge in [-0.2, -0.15) is 0 Å². The number of rotatable bonds is 41. The van der Waals surface area contributed by atoms with Crippen LogP contribution in [0.1, 0.15) is 187 Å². The van der Waals surface area contributed by atoms with Crippen molar-refractivity contribution in [3.63, 3.8) is 0 Å². The third-order valence-corrected chi connectivity index (χ3v) is 10.2. The van der Waals surface area contributed by atoms with E-state index in [-0.39, 0.29) is 36.2 Å². The average Bonchev–Trinajstić information content (AvgIpc) is 3.18. The van der Waals surface area contributed by atoms with Crippen LogP contribution in [0.5, 0.6) is 0 Å². The number of allylic oxidation sites excluding steroid dienone is 10. The zero-order chi connectivity index (χ0) is 42.8. The van der Waals surface area contributed by atoms with Crippen LogP contribution in [0.2, 0.25) is 0 Å². The highest BCUT2D eigenvalue weighted by atomic mass is 16.6. The molecule has 0 rings (SSSR count). The molecule has 0 aromatic heterocycles. The number of likely N-dealkylation sites (N-methyl/N-ethyl adjacent to an activating group) is 1. The maximum Gasteiger partial charge on any atom is 0.362 e. The monoisotopic (exact) mass is 815 g/mol. The number of carbonyl (C=O) groups excluding carboxylic acids is 2. The van der Waals surface area contributed by atoms with Crippen molar-refractivity contribution >= 4 is 17.9 Å². The Bertz CT molecular complexity index is 1130. The number of quaternary nitrogens is 1. The Morgan fingerprint density at radius 3 is 1.45 bits per heavy atom. The molecule has 334 valence electrons. The first kappa shape index (κ1) is 55.0. The zero-order valence-corrected chi connectivity index (χ0v) is 38.0. The van der Waals surface area contributed by atoms with E-state index >= 15 is 0 Å². The molecule has 8 heteroatoms. The van der Waals surface area contributed by atoms with Crippen molar-refractivity contribution in [1.29, 1.82) is 0 Å². The lowest BCUT2D eigenvalue weighted by Crippen LogP contribution is -2.50. The molecule has 0 spiro atoms. The van der Waals surface area contributed by atoms with Gasteiger partial charge in [-0.15, -0.1) is 0 Å². The topological polar surface area (TPSA) is 99.1 Å². The Morgan fingerprint density at radius 1 is 0.534 bits per heavy atom. The first-order valence-electron chi connectivity index (χ1n) is 23.3. The molecule has 0 aliphatic rings. The van der Waals surface area contributed by atoms with Gasteiger partial charge in [-0.25, -0.2) is 4.79 Å². The Hall–Kier alpha value is -2.97. The van der Waals surface area contributed by atoms with Crippen LogP contribution in [-0.2, 0) is 28.6 Å². The first-order chi connectivity index (χ1) is 28.1. The van der Waals surface area contributed by atoms with Crippen LogP contribution in [-0.4, -0.2) is 80.6 Å². The van der Waals surface area contributed by atoms with E-state index in [0.717, 1.165) is 77.0 Å². The van der Waals surface area contributed by atoms with Crippen molar-refractivity contribution in [1.82, 2.24) is 0 Å². The minimum absolute atomic E-state index is 0.0554. The summed E-state index contributed by atoms with van der Waals surface area (Å²) < 4.78 is 17.3. The largest absolute Gasteiger partial charge is 0.477 e. The van der Waals surface area contributed by atoms with Crippen LogP contribution >= 0.6 is 0 Å². The molecule has 0 fully saturated rings. The lowest BCUT2D eigenvalue weighted by atomic mass is 10.0. The van der Waals surface area contributed by atoms with Gasteiger partial charge >= 0.3 is 17.9 Å². The molecule has 0 aromatic rings. The third kappa shape index (κ3) is 38.5. The number of ether oxygens (including phenoxy) is 3. The second-order valence-corrected chi connectivity index (χ2v) is 16.6. The summed E-state index contributed by atoms with van der Waals surface area (Å²) in [6.45, 7) is 4.57. The van der Waals surface area contributed by atoms with Gasteiger partial charge in [-0.3, -0.25) is 9.59 Å². The van der Waals surface area contributed by atoms with Gasteiger partial charge in [-0.05, 0) is 70.6 Å². The summed E-state index contributed by atoms with van der Waals surface area (Å²) in [6, 6.07) is -0.617. The summed E-state index contributed by atoms with van der Waals surface area (Å²) in [5.74, 6) is -1.49. The highest BCUT2D eigenvalue weighted by Gasteiger charge is 2.31. The minimum atomic E-state index is -0.878. The molecule has 2 unspecified atom stereocenters. The minimum Gasteiger partial charge on any atom is -0.477 e. The first-order valence-corrected chi connectivity index (χ1v) is 23.3. The number of carboxylic acid groups (broad SMARTS) is 1. The average molecular weight is 815 g/mol. The fraction of sp³-hybridized carbons (Fsp3) is 0.740. The molecule has 0 radical (unpaired) electrons. The van der Waals surface area contributed by atoms with Gasteiger partial charge in [0.05, 0.1) is 34.4 Å². The second-order valence-electron chi connectivity index (χ2n) is 16.6. The molecule has 0 heterocycles. The highest BCUT2D eigenvalue weighted by molar-refractivity contribution is 5.72. The van der Waals surface area contributed by atoms with Gasteiger partial charge < -0.3 is 23.8 Å². The highest BCUT2D eigenvalue weighted by Crippen LogP contribution is 2.14. The quantitative estimate of drug-likeness (QED) is 0.0284. The lowest BCUT2D eigenvalue weighted by Gasteiger charge is -2.31. The molecule has 0 aliphatic heterocycles. The molecule has 0 saturated carbocycles. The normalized spacial score (nSPS) is 13.5. The van der Waals surface area contributed by atoms with Crippen LogP contribution in [0.3, 0.4) is 0 Å². The van der Waals surface area contributed by atoms with Crippen LogP contribution in [0, 0.1) is 0 Å². The molecular weight excluding hydrogens is 727 g/mol. The van der Waals surface area contributed by atoms with Crippen molar-refractivity contribution < 1.29 is 38.2 Å². The maximum absolute atomic E-state index is 12.7. The van der Waals surface area contributed by atoms with E-state index in [1.807, 2.05) is 21.1 Å². The number of aliphatic carboxylic acids is 1. The van der Waals surface area contributed by atoms with Crippen molar-refractivity contribution in [3.8, 4) is 0 Å². The molecule has 0 bridgehead atoms. The third-order valence-electron chi connectivity index (χ3n) is 10.2. The Morgan fingerprint density at radius 2 is 0.966 bits per heavy atom. The summed E-state index contributed by atoms with van der Waals surface area (Å²) in [6.07, 6.45) is 49.8. The molecule has 0 saturated heterocycles. The second kappa shape index (κ2) is 40.8. The summed E-state index contributed by atoms with van der Waals surface area (Å²) in [5, 5.41) is 9.62. The van der Waals surface area contributed by atoms with E-state index in [1.54, 1.807) is 0 Å². The van der Waals surface area contributed by atoms with Crippen LogP contribution in [0.15, 0.2) is 60.8 Å². The van der Waals surface area contributed by atoms with Gasteiger partial charge in [-0.1, -0.05) is 158 Å². The van der Waals surface area contributed by atoms with E-state index in [1.165, 1.54) is 77.0 Å². The summed E-state index contributed by atoms with van der Waals surface area (Å²) in [4.78, 5) is 37.0. The van der Waals surface area contributed by atoms with Gasteiger partial charge in [0, 0.05) is 19.3 Å². The van der Waals surface area contributed by atoms with E-state index in [0.29, 0.717) is 19.3 Å². The van der Waals surface area contributed by atoms with Gasteiger partial charge in [0.2, 0.25) is 0 Å². The number of carboxylic acids is 1. The predicted octanol–water partition coefficient (Wildman–Crippen LogP) is 13.0. The number of unbranched alkanes of at least 4 members (excludes halogenated alkanes) is 17. The number of hydrogen-bond acceptors (Lipinski definition) is 6. The van der Waals surface area contributed by atoms with E-state index in [9.17, 15) is 19.5 Å². The number of esters is 2. The van der Waals surface area contributed by atoms with Gasteiger partial charge in [0.1, 0.15) is 6.61 Å². The fourth-order valence-electron chi connectivity index (χ4n) is 6.53. The molecule has 2 atom stereocenters.